The minimum absolute atomic E-state index is 0.112. The molecule has 0 N–H and O–H groups in total. The summed E-state index contributed by atoms with van der Waals surface area (Å²) in [6, 6.07) is 8.12. The van der Waals surface area contributed by atoms with Crippen molar-refractivity contribution >= 4 is 24.6 Å². The molecule has 1 aliphatic carbocycles. The molecule has 1 heterocycles. The van der Waals surface area contributed by atoms with Gasteiger partial charge in [0.1, 0.15) is 6.33 Å². The molecule has 0 fully saturated rings. The average molecular weight is 206 g/mol. The smallest absolute Gasteiger partial charge is 0.100 e. The number of allylic oxidation sites excluding steroid dienone is 4. The van der Waals surface area contributed by atoms with Crippen LogP contribution >= 0.6 is 0 Å². The van der Waals surface area contributed by atoms with Gasteiger partial charge in [-0.15, -0.1) is 0 Å². The molecule has 2 radical (unpaired) electrons. The van der Waals surface area contributed by atoms with E-state index in [4.69, 9.17) is 7.85 Å². The Morgan fingerprint density at radius 2 is 2.19 bits per heavy atom. The maximum Gasteiger partial charge on any atom is 0.100 e. The molecule has 3 rings (SSSR count). The first-order valence-corrected chi connectivity index (χ1v) is 5.40. The van der Waals surface area contributed by atoms with E-state index in [2.05, 4.69) is 21.7 Å². The summed E-state index contributed by atoms with van der Waals surface area (Å²) >= 11 is 0. The summed E-state index contributed by atoms with van der Waals surface area (Å²) in [5, 5.41) is 0. The largest absolute Gasteiger partial charge is 0.303 e. The van der Waals surface area contributed by atoms with Gasteiger partial charge in [-0.2, -0.15) is 0 Å². The Bertz CT molecular complexity index is 580. The number of rotatable bonds is 1. The first-order valence-electron chi connectivity index (χ1n) is 5.40. The number of aromatic nitrogens is 2. The van der Waals surface area contributed by atoms with E-state index in [1.807, 2.05) is 36.7 Å². The number of para-hydroxylation sites is 2. The fraction of sp³-hybridized carbons (Fsp3) is 0.154. The van der Waals surface area contributed by atoms with Gasteiger partial charge in [0.25, 0.3) is 0 Å². The van der Waals surface area contributed by atoms with E-state index >= 15 is 0 Å². The van der Waals surface area contributed by atoms with E-state index in [0.717, 1.165) is 17.5 Å². The second kappa shape index (κ2) is 3.67. The summed E-state index contributed by atoms with van der Waals surface area (Å²) in [5.41, 5.74) is 3.35. The van der Waals surface area contributed by atoms with Crippen molar-refractivity contribution in [1.29, 1.82) is 0 Å². The third kappa shape index (κ3) is 1.49. The first kappa shape index (κ1) is 9.46. The Balaban J connectivity index is 2.13. The van der Waals surface area contributed by atoms with Crippen LogP contribution in [0, 0.1) is 0 Å². The van der Waals surface area contributed by atoms with Gasteiger partial charge in [-0.05, 0) is 24.6 Å². The van der Waals surface area contributed by atoms with E-state index in [0.29, 0.717) is 0 Å². The fourth-order valence-electron chi connectivity index (χ4n) is 2.05. The summed E-state index contributed by atoms with van der Waals surface area (Å²) in [5.74, 6) is 0.112. The van der Waals surface area contributed by atoms with Crippen LogP contribution < -0.4 is 0 Å². The van der Waals surface area contributed by atoms with Crippen molar-refractivity contribution in [3.8, 4) is 0 Å². The van der Waals surface area contributed by atoms with Crippen molar-refractivity contribution in [2.24, 2.45) is 0 Å². The van der Waals surface area contributed by atoms with E-state index < -0.39 is 0 Å². The third-order valence-electron chi connectivity index (χ3n) is 2.85. The maximum atomic E-state index is 5.91. The van der Waals surface area contributed by atoms with Gasteiger partial charge in [-0.25, -0.2) is 4.98 Å². The zero-order valence-electron chi connectivity index (χ0n) is 8.88. The summed E-state index contributed by atoms with van der Waals surface area (Å²) < 4.78 is 2.11. The number of hydrogen-bond donors (Lipinski definition) is 0. The van der Waals surface area contributed by atoms with Crippen LogP contribution in [-0.4, -0.2) is 17.4 Å². The molecule has 2 aromatic rings. The molecule has 0 bridgehead atoms. The van der Waals surface area contributed by atoms with Gasteiger partial charge in [0.15, 0.2) is 0 Å². The molecule has 1 unspecified atom stereocenters. The Hall–Kier alpha value is -1.77. The lowest BCUT2D eigenvalue weighted by atomic mass is 9.81. The molecular formula is C13H11BN2. The molecule has 1 aromatic carbocycles. The molecule has 0 amide bonds. The van der Waals surface area contributed by atoms with Crippen LogP contribution in [0.3, 0.4) is 0 Å². The third-order valence-corrected chi connectivity index (χ3v) is 2.85. The van der Waals surface area contributed by atoms with Crippen LogP contribution in [0.5, 0.6) is 0 Å². The normalized spacial score (nSPS) is 20.0. The van der Waals surface area contributed by atoms with Crippen LogP contribution in [0.4, 0.5) is 0 Å². The number of benzene rings is 1. The number of nitrogens with zero attached hydrogens (tertiary/aromatic N) is 2. The number of fused-ring (bicyclic) bond motifs is 1. The number of imidazole rings is 1. The second-order valence-electron chi connectivity index (χ2n) is 4.01. The van der Waals surface area contributed by atoms with Gasteiger partial charge in [0, 0.05) is 5.70 Å². The summed E-state index contributed by atoms with van der Waals surface area (Å²) in [6.07, 6.45) is 8.84. The van der Waals surface area contributed by atoms with Gasteiger partial charge < -0.3 is 4.57 Å². The molecule has 2 nitrogen and oxygen atoms in total. The van der Waals surface area contributed by atoms with Crippen molar-refractivity contribution in [2.45, 2.75) is 12.2 Å². The summed E-state index contributed by atoms with van der Waals surface area (Å²) in [7, 11) is 5.91. The van der Waals surface area contributed by atoms with E-state index in [1.165, 1.54) is 5.70 Å². The quantitative estimate of drug-likeness (QED) is 0.656. The van der Waals surface area contributed by atoms with Crippen LogP contribution in [0.1, 0.15) is 6.42 Å². The van der Waals surface area contributed by atoms with Gasteiger partial charge in [0.05, 0.1) is 18.9 Å². The molecule has 1 aromatic heterocycles. The highest BCUT2D eigenvalue weighted by Gasteiger charge is 2.10. The van der Waals surface area contributed by atoms with Gasteiger partial charge >= 0.3 is 0 Å². The number of hydrogen-bond acceptors (Lipinski definition) is 1. The predicted molar refractivity (Wildman–Crippen MR) is 67.3 cm³/mol. The van der Waals surface area contributed by atoms with E-state index in [1.54, 1.807) is 0 Å². The van der Waals surface area contributed by atoms with Crippen molar-refractivity contribution in [3.63, 3.8) is 0 Å². The van der Waals surface area contributed by atoms with Crippen LogP contribution in [0.2, 0.25) is 5.82 Å². The van der Waals surface area contributed by atoms with Crippen LogP contribution in [0.25, 0.3) is 16.7 Å². The second-order valence-corrected chi connectivity index (χ2v) is 4.01. The van der Waals surface area contributed by atoms with Crippen molar-refractivity contribution in [2.75, 3.05) is 0 Å². The first-order chi connectivity index (χ1) is 7.84. The zero-order valence-corrected chi connectivity index (χ0v) is 8.88. The van der Waals surface area contributed by atoms with Gasteiger partial charge in [0.2, 0.25) is 0 Å². The van der Waals surface area contributed by atoms with Crippen LogP contribution in [0.15, 0.2) is 48.8 Å². The highest BCUT2D eigenvalue weighted by molar-refractivity contribution is 6.13. The molecule has 0 saturated heterocycles. The zero-order chi connectivity index (χ0) is 11.0. The van der Waals surface area contributed by atoms with Crippen molar-refractivity contribution < 1.29 is 0 Å². The lowest BCUT2D eigenvalue weighted by Crippen LogP contribution is -2.01. The Kier molecular flexibility index (Phi) is 2.17. The summed E-state index contributed by atoms with van der Waals surface area (Å²) in [6.45, 7) is 0. The fourth-order valence-corrected chi connectivity index (χ4v) is 2.05. The highest BCUT2D eigenvalue weighted by atomic mass is 15.1. The monoisotopic (exact) mass is 206 g/mol. The molecule has 0 aliphatic heterocycles. The predicted octanol–water partition coefficient (Wildman–Crippen LogP) is 2.79. The van der Waals surface area contributed by atoms with E-state index in [-0.39, 0.29) is 5.82 Å². The topological polar surface area (TPSA) is 17.8 Å². The minimum Gasteiger partial charge on any atom is -0.303 e. The van der Waals surface area contributed by atoms with Crippen molar-refractivity contribution in [3.05, 3.63) is 48.8 Å². The Morgan fingerprint density at radius 3 is 3.06 bits per heavy atom. The minimum atomic E-state index is 0.112. The molecule has 1 atom stereocenters. The lowest BCUT2D eigenvalue weighted by Gasteiger charge is -2.16. The summed E-state index contributed by atoms with van der Waals surface area (Å²) in [4.78, 5) is 4.38. The molecule has 76 valence electrons. The standard InChI is InChI=1S/C13H11BN2/c14-10-4-3-5-11(8-10)16-9-15-12-6-1-2-7-13(12)16/h1-7,9-10H,8H2. The molecule has 3 heteroatoms. The van der Waals surface area contributed by atoms with Crippen molar-refractivity contribution in [1.82, 2.24) is 9.55 Å². The lowest BCUT2D eigenvalue weighted by molar-refractivity contribution is 0.951. The Morgan fingerprint density at radius 1 is 1.31 bits per heavy atom. The van der Waals surface area contributed by atoms with Crippen LogP contribution in [-0.2, 0) is 0 Å². The molecule has 0 saturated carbocycles. The average Bonchev–Trinajstić information content (AvgIpc) is 2.72. The molecular weight excluding hydrogens is 195 g/mol. The molecule has 1 aliphatic rings. The molecule has 16 heavy (non-hydrogen) atoms. The SMILES string of the molecule is [B]C1C=CC=C(n2cnc3ccccc32)C1. The highest BCUT2D eigenvalue weighted by Crippen LogP contribution is 2.26. The van der Waals surface area contributed by atoms with E-state index in [9.17, 15) is 0 Å². The molecule has 0 spiro atoms. The van der Waals surface area contributed by atoms with Gasteiger partial charge in [-0.1, -0.05) is 30.1 Å². The maximum absolute atomic E-state index is 5.91. The Labute approximate surface area is 95.7 Å². The van der Waals surface area contributed by atoms with Gasteiger partial charge in [-0.3, -0.25) is 0 Å².